The fraction of sp³-hybridized carbons (Fsp3) is 0.300. The Kier molecular flexibility index (Phi) is 4.80. The van der Waals surface area contributed by atoms with Gasteiger partial charge < -0.3 is 14.2 Å². The van der Waals surface area contributed by atoms with Gasteiger partial charge in [-0.2, -0.15) is 0 Å². The van der Waals surface area contributed by atoms with Crippen LogP contribution in [-0.2, 0) is 33.4 Å². The molecule has 1 atom stereocenters. The first-order valence-electron chi connectivity index (χ1n) is 8.47. The molecule has 1 amide bonds. The zero-order valence-electron chi connectivity index (χ0n) is 16.1. The Morgan fingerprint density at radius 3 is 2.18 bits per heavy atom. The van der Waals surface area contributed by atoms with Crippen LogP contribution in [0.5, 0.6) is 0 Å². The molecule has 2 aliphatic rings. The largest absolute Gasteiger partial charge is 0.477 e. The minimum absolute atomic E-state index is 0.00148. The number of Topliss-reactive ketones (excluding diaryl/α,β-unsaturated/α-hetero) is 1. The summed E-state index contributed by atoms with van der Waals surface area (Å²) in [6, 6.07) is 5.38. The number of fused-ring (bicyclic) bond motifs is 1. The number of allylic oxidation sites excluding steroid dienone is 2. The van der Waals surface area contributed by atoms with E-state index in [1.165, 1.54) is 6.92 Å². The molecular weight excluding hydrogens is 366 g/mol. The molecule has 146 valence electrons. The van der Waals surface area contributed by atoms with Crippen LogP contribution in [0.1, 0.15) is 18.1 Å². The number of methoxy groups -OCH3 is 2. The fourth-order valence-corrected chi connectivity index (χ4v) is 3.49. The third-order valence-electron chi connectivity index (χ3n) is 4.73. The van der Waals surface area contributed by atoms with Crippen molar-refractivity contribution in [1.29, 1.82) is 0 Å². The molecule has 2 heterocycles. The molecular formula is C20H19NO7. The van der Waals surface area contributed by atoms with Crippen LogP contribution in [0.25, 0.3) is 0 Å². The second kappa shape index (κ2) is 6.95. The van der Waals surface area contributed by atoms with Crippen LogP contribution in [-0.4, -0.2) is 44.0 Å². The average Bonchev–Trinajstić information content (AvgIpc) is 2.92. The van der Waals surface area contributed by atoms with E-state index in [2.05, 4.69) is 0 Å². The molecule has 28 heavy (non-hydrogen) atoms. The maximum Gasteiger partial charge on any atom is 0.352 e. The molecule has 1 unspecified atom stereocenters. The molecule has 0 aliphatic carbocycles. The van der Waals surface area contributed by atoms with E-state index >= 15 is 0 Å². The number of rotatable bonds is 3. The van der Waals surface area contributed by atoms with Crippen molar-refractivity contribution in [3.05, 3.63) is 51.9 Å². The molecule has 8 nitrogen and oxygen atoms in total. The quantitative estimate of drug-likeness (QED) is 0.574. The van der Waals surface area contributed by atoms with Gasteiger partial charge in [-0.15, -0.1) is 0 Å². The minimum atomic E-state index is -1.46. The normalized spacial score (nSPS) is 18.9. The minimum Gasteiger partial charge on any atom is -0.477 e. The number of carbonyl (C=O) groups is 4. The van der Waals surface area contributed by atoms with E-state index < -0.39 is 29.7 Å². The van der Waals surface area contributed by atoms with Gasteiger partial charge in [-0.25, -0.2) is 9.59 Å². The Bertz CT molecular complexity index is 966. The predicted octanol–water partition coefficient (Wildman–Crippen LogP) is 1.49. The lowest BCUT2D eigenvalue weighted by atomic mass is 9.97. The molecule has 1 fully saturated rings. The topological polar surface area (TPSA) is 99.2 Å². The van der Waals surface area contributed by atoms with Crippen molar-refractivity contribution in [2.24, 2.45) is 0 Å². The second-order valence-electron chi connectivity index (χ2n) is 6.42. The first-order chi connectivity index (χ1) is 13.2. The number of hydrogen-bond donors (Lipinski definition) is 0. The molecule has 1 saturated heterocycles. The molecule has 2 aliphatic heterocycles. The van der Waals surface area contributed by atoms with Crippen LogP contribution in [0.15, 0.2) is 40.8 Å². The van der Waals surface area contributed by atoms with Crippen LogP contribution in [0.3, 0.4) is 0 Å². The number of carbonyl (C=O) groups excluding carboxylic acids is 4. The highest BCUT2D eigenvalue weighted by molar-refractivity contribution is 6.53. The van der Waals surface area contributed by atoms with Gasteiger partial charge in [0.05, 0.1) is 31.2 Å². The van der Waals surface area contributed by atoms with E-state index in [1.54, 1.807) is 26.0 Å². The van der Waals surface area contributed by atoms with Crippen molar-refractivity contribution < 1.29 is 33.4 Å². The van der Waals surface area contributed by atoms with Crippen molar-refractivity contribution in [2.75, 3.05) is 19.1 Å². The zero-order chi connectivity index (χ0) is 20.7. The summed E-state index contributed by atoms with van der Waals surface area (Å²) in [6.07, 6.45) is -1.46. The third-order valence-corrected chi connectivity index (χ3v) is 4.73. The van der Waals surface area contributed by atoms with Crippen LogP contribution in [0.4, 0.5) is 5.69 Å². The molecule has 1 aromatic carbocycles. The molecule has 3 rings (SSSR count). The molecule has 0 radical (unpaired) electrons. The molecule has 0 aromatic heterocycles. The zero-order valence-corrected chi connectivity index (χ0v) is 16.1. The number of esters is 2. The molecule has 0 saturated carbocycles. The molecule has 0 spiro atoms. The monoisotopic (exact) mass is 385 g/mol. The molecule has 8 heteroatoms. The highest BCUT2D eigenvalue weighted by atomic mass is 16.6. The lowest BCUT2D eigenvalue weighted by molar-refractivity contribution is -0.153. The van der Waals surface area contributed by atoms with Crippen molar-refractivity contribution in [3.8, 4) is 0 Å². The van der Waals surface area contributed by atoms with Crippen molar-refractivity contribution in [2.45, 2.75) is 26.9 Å². The first-order valence-corrected chi connectivity index (χ1v) is 8.47. The maximum atomic E-state index is 12.9. The van der Waals surface area contributed by atoms with Gasteiger partial charge in [0.2, 0.25) is 6.10 Å². The predicted molar refractivity (Wildman–Crippen MR) is 97.0 cm³/mol. The van der Waals surface area contributed by atoms with E-state index in [0.29, 0.717) is 5.69 Å². The summed E-state index contributed by atoms with van der Waals surface area (Å²) in [7, 11) is 2.28. The van der Waals surface area contributed by atoms with Gasteiger partial charge in [-0.1, -0.05) is 18.2 Å². The molecule has 0 bridgehead atoms. The van der Waals surface area contributed by atoms with E-state index in [4.69, 9.17) is 14.2 Å². The number of amides is 1. The Hall–Kier alpha value is -3.42. The van der Waals surface area contributed by atoms with E-state index in [1.807, 2.05) is 6.07 Å². The van der Waals surface area contributed by atoms with E-state index in [9.17, 15) is 19.2 Å². The van der Waals surface area contributed by atoms with Gasteiger partial charge in [0.1, 0.15) is 11.3 Å². The Morgan fingerprint density at radius 2 is 1.64 bits per heavy atom. The SMILES string of the molecule is COC(=O)C1=C2C(=C(C)OC1C(=O)OC)C(=O)C(=O)N2c1c(C)cccc1C. The van der Waals surface area contributed by atoms with E-state index in [0.717, 1.165) is 30.2 Å². The summed E-state index contributed by atoms with van der Waals surface area (Å²) in [4.78, 5) is 51.6. The van der Waals surface area contributed by atoms with Crippen molar-refractivity contribution in [1.82, 2.24) is 0 Å². The van der Waals surface area contributed by atoms with Gasteiger partial charge >= 0.3 is 17.8 Å². The number of aryl methyl sites for hydroxylation is 2. The highest BCUT2D eigenvalue weighted by Crippen LogP contribution is 2.42. The Morgan fingerprint density at radius 1 is 1.04 bits per heavy atom. The van der Waals surface area contributed by atoms with Crippen LogP contribution >= 0.6 is 0 Å². The Labute approximate surface area is 161 Å². The third kappa shape index (κ3) is 2.69. The van der Waals surface area contributed by atoms with Crippen molar-refractivity contribution in [3.63, 3.8) is 0 Å². The van der Waals surface area contributed by atoms with Gasteiger partial charge in [-0.3, -0.25) is 14.5 Å². The summed E-state index contributed by atoms with van der Waals surface area (Å²) >= 11 is 0. The van der Waals surface area contributed by atoms with E-state index in [-0.39, 0.29) is 22.6 Å². The highest BCUT2D eigenvalue weighted by Gasteiger charge is 2.51. The Balaban J connectivity index is 2.40. The fourth-order valence-electron chi connectivity index (χ4n) is 3.49. The smallest absolute Gasteiger partial charge is 0.352 e. The summed E-state index contributed by atoms with van der Waals surface area (Å²) < 4.78 is 15.1. The summed E-state index contributed by atoms with van der Waals surface area (Å²) in [5, 5.41) is 0. The first kappa shape index (κ1) is 19.3. The van der Waals surface area contributed by atoms with Gasteiger partial charge in [0, 0.05) is 0 Å². The number of para-hydroxylation sites is 1. The number of ketones is 1. The number of nitrogens with zero attached hydrogens (tertiary/aromatic N) is 1. The van der Waals surface area contributed by atoms with Crippen LogP contribution in [0, 0.1) is 13.8 Å². The number of anilines is 1. The van der Waals surface area contributed by atoms with Gasteiger partial charge in [0.25, 0.3) is 5.78 Å². The summed E-state index contributed by atoms with van der Waals surface area (Å²) in [5.41, 5.74) is 1.59. The number of ether oxygens (including phenoxy) is 3. The average molecular weight is 385 g/mol. The number of hydrogen-bond acceptors (Lipinski definition) is 7. The molecule has 0 N–H and O–H groups in total. The summed E-state index contributed by atoms with van der Waals surface area (Å²) in [6.45, 7) is 5.02. The second-order valence-corrected chi connectivity index (χ2v) is 6.42. The summed E-state index contributed by atoms with van der Waals surface area (Å²) in [5.74, 6) is -3.34. The van der Waals surface area contributed by atoms with Crippen LogP contribution in [0.2, 0.25) is 0 Å². The van der Waals surface area contributed by atoms with Crippen molar-refractivity contribution >= 4 is 29.3 Å². The van der Waals surface area contributed by atoms with Gasteiger partial charge in [-0.05, 0) is 31.9 Å². The van der Waals surface area contributed by atoms with Gasteiger partial charge in [0.15, 0.2) is 0 Å². The lowest BCUT2D eigenvalue weighted by Gasteiger charge is -2.29. The number of benzene rings is 1. The maximum absolute atomic E-state index is 12.9. The van der Waals surface area contributed by atoms with Crippen LogP contribution < -0.4 is 4.90 Å². The lowest BCUT2D eigenvalue weighted by Crippen LogP contribution is -2.38. The molecule has 1 aromatic rings. The standard InChI is InChI=1S/C20H19NO7/c1-9-7-6-8-10(2)14(9)21-15-12(16(22)18(21)23)11(3)28-17(20(25)27-5)13(15)19(24)26-4/h6-8,17H,1-5H3.